The largest absolute Gasteiger partial charge is 0.508 e. The molecule has 0 spiro atoms. The van der Waals surface area contributed by atoms with E-state index in [1.165, 1.54) is 19.1 Å². The van der Waals surface area contributed by atoms with Crippen LogP contribution >= 0.6 is 0 Å². The molecular formula is C15H14N2O3. The Balaban J connectivity index is 2.13. The Morgan fingerprint density at radius 2 is 1.60 bits per heavy atom. The molecule has 102 valence electrons. The second-order valence-corrected chi connectivity index (χ2v) is 4.27. The predicted octanol–water partition coefficient (Wildman–Crippen LogP) is 2.60. The number of carbonyl (C=O) groups excluding carboxylic acids is 2. The van der Waals surface area contributed by atoms with Crippen LogP contribution in [-0.2, 0) is 4.79 Å². The van der Waals surface area contributed by atoms with Gasteiger partial charge in [0, 0.05) is 23.9 Å². The van der Waals surface area contributed by atoms with Crippen LogP contribution in [0.4, 0.5) is 11.4 Å². The zero-order valence-corrected chi connectivity index (χ0v) is 10.9. The molecule has 0 aliphatic heterocycles. The van der Waals surface area contributed by atoms with Gasteiger partial charge >= 0.3 is 0 Å². The summed E-state index contributed by atoms with van der Waals surface area (Å²) in [5.74, 6) is -0.480. The topological polar surface area (TPSA) is 78.4 Å². The van der Waals surface area contributed by atoms with Gasteiger partial charge in [0.05, 0.1) is 0 Å². The number of benzene rings is 2. The van der Waals surface area contributed by atoms with Gasteiger partial charge in [-0.25, -0.2) is 0 Å². The van der Waals surface area contributed by atoms with E-state index in [1.54, 1.807) is 36.4 Å². The number of nitrogens with one attached hydrogen (secondary N) is 2. The van der Waals surface area contributed by atoms with Gasteiger partial charge < -0.3 is 15.7 Å². The molecule has 5 nitrogen and oxygen atoms in total. The lowest BCUT2D eigenvalue weighted by atomic mass is 10.2. The van der Waals surface area contributed by atoms with Crippen LogP contribution in [-0.4, -0.2) is 16.9 Å². The number of hydrogen-bond acceptors (Lipinski definition) is 3. The van der Waals surface area contributed by atoms with Crippen molar-refractivity contribution in [2.75, 3.05) is 10.6 Å². The number of carbonyl (C=O) groups is 2. The number of rotatable bonds is 3. The van der Waals surface area contributed by atoms with Crippen LogP contribution in [0.5, 0.6) is 5.75 Å². The van der Waals surface area contributed by atoms with E-state index in [9.17, 15) is 14.7 Å². The first kappa shape index (κ1) is 13.6. The Morgan fingerprint density at radius 3 is 2.25 bits per heavy atom. The average Bonchev–Trinajstić information content (AvgIpc) is 2.38. The highest BCUT2D eigenvalue weighted by molar-refractivity contribution is 6.04. The van der Waals surface area contributed by atoms with Crippen LogP contribution in [0.1, 0.15) is 17.3 Å². The van der Waals surface area contributed by atoms with E-state index < -0.39 is 0 Å². The SMILES string of the molecule is CC(=O)Nc1cccc(NC(=O)c2cccc(O)c2)c1. The van der Waals surface area contributed by atoms with Crippen molar-refractivity contribution in [2.45, 2.75) is 6.92 Å². The maximum atomic E-state index is 12.0. The molecule has 0 atom stereocenters. The van der Waals surface area contributed by atoms with Crippen molar-refractivity contribution < 1.29 is 14.7 Å². The maximum Gasteiger partial charge on any atom is 0.255 e. The minimum Gasteiger partial charge on any atom is -0.508 e. The molecule has 0 aliphatic carbocycles. The van der Waals surface area contributed by atoms with Crippen molar-refractivity contribution in [3.05, 3.63) is 54.1 Å². The Hall–Kier alpha value is -2.82. The monoisotopic (exact) mass is 270 g/mol. The molecule has 0 heterocycles. The molecule has 0 aliphatic rings. The van der Waals surface area contributed by atoms with Crippen molar-refractivity contribution in [1.29, 1.82) is 0 Å². The van der Waals surface area contributed by atoms with Gasteiger partial charge in [0.15, 0.2) is 0 Å². The number of aromatic hydroxyl groups is 1. The van der Waals surface area contributed by atoms with Crippen LogP contribution in [0.3, 0.4) is 0 Å². The van der Waals surface area contributed by atoms with E-state index >= 15 is 0 Å². The summed E-state index contributed by atoms with van der Waals surface area (Å²) in [5, 5.41) is 14.7. The molecule has 2 rings (SSSR count). The molecule has 2 amide bonds. The van der Waals surface area contributed by atoms with Gasteiger partial charge in [-0.3, -0.25) is 9.59 Å². The summed E-state index contributed by atoms with van der Waals surface area (Å²) >= 11 is 0. The summed E-state index contributed by atoms with van der Waals surface area (Å²) in [6, 6.07) is 12.9. The molecule has 20 heavy (non-hydrogen) atoms. The van der Waals surface area contributed by atoms with E-state index in [1.807, 2.05) is 0 Å². The van der Waals surface area contributed by atoms with Gasteiger partial charge in [-0.2, -0.15) is 0 Å². The molecule has 2 aromatic rings. The number of amides is 2. The van der Waals surface area contributed by atoms with Crippen LogP contribution in [0.2, 0.25) is 0 Å². The van der Waals surface area contributed by atoms with Crippen LogP contribution in [0.25, 0.3) is 0 Å². The van der Waals surface area contributed by atoms with Crippen LogP contribution < -0.4 is 10.6 Å². The van der Waals surface area contributed by atoms with Crippen molar-refractivity contribution >= 4 is 23.2 Å². The van der Waals surface area contributed by atoms with Crippen molar-refractivity contribution in [3.63, 3.8) is 0 Å². The second-order valence-electron chi connectivity index (χ2n) is 4.27. The lowest BCUT2D eigenvalue weighted by Gasteiger charge is -2.08. The number of phenols is 1. The molecule has 2 aromatic carbocycles. The average molecular weight is 270 g/mol. The van der Waals surface area contributed by atoms with E-state index in [2.05, 4.69) is 10.6 Å². The first-order chi connectivity index (χ1) is 9.54. The van der Waals surface area contributed by atoms with Crippen LogP contribution in [0, 0.1) is 0 Å². The minimum atomic E-state index is -0.333. The van der Waals surface area contributed by atoms with E-state index in [4.69, 9.17) is 0 Å². The summed E-state index contributed by atoms with van der Waals surface area (Å²) in [7, 11) is 0. The molecule has 3 N–H and O–H groups in total. The van der Waals surface area contributed by atoms with Crippen LogP contribution in [0.15, 0.2) is 48.5 Å². The van der Waals surface area contributed by atoms with E-state index in [-0.39, 0.29) is 17.6 Å². The third-order valence-corrected chi connectivity index (χ3v) is 2.55. The molecule has 0 aromatic heterocycles. The highest BCUT2D eigenvalue weighted by atomic mass is 16.3. The fraction of sp³-hybridized carbons (Fsp3) is 0.0667. The second kappa shape index (κ2) is 5.88. The molecular weight excluding hydrogens is 256 g/mol. The molecule has 0 fully saturated rings. The molecule has 0 saturated heterocycles. The lowest BCUT2D eigenvalue weighted by Crippen LogP contribution is -2.12. The number of anilines is 2. The molecule has 0 radical (unpaired) electrons. The highest BCUT2D eigenvalue weighted by Gasteiger charge is 2.07. The highest BCUT2D eigenvalue weighted by Crippen LogP contribution is 2.17. The van der Waals surface area contributed by atoms with Crippen molar-refractivity contribution in [2.24, 2.45) is 0 Å². The van der Waals surface area contributed by atoms with Crippen molar-refractivity contribution in [3.8, 4) is 5.75 Å². The van der Waals surface area contributed by atoms with Gasteiger partial charge in [-0.1, -0.05) is 12.1 Å². The standard InChI is InChI=1S/C15H14N2O3/c1-10(18)16-12-5-3-6-13(9-12)17-15(20)11-4-2-7-14(19)8-11/h2-9,19H,1H3,(H,16,18)(H,17,20). The summed E-state index contributed by atoms with van der Waals surface area (Å²) in [5.41, 5.74) is 1.52. The van der Waals surface area contributed by atoms with Gasteiger partial charge in [-0.05, 0) is 36.4 Å². The molecule has 0 unspecified atom stereocenters. The zero-order chi connectivity index (χ0) is 14.5. The summed E-state index contributed by atoms with van der Waals surface area (Å²) in [4.78, 5) is 23.0. The number of hydrogen-bond donors (Lipinski definition) is 3. The summed E-state index contributed by atoms with van der Waals surface area (Å²) in [6.07, 6.45) is 0. The van der Waals surface area contributed by atoms with Crippen molar-refractivity contribution in [1.82, 2.24) is 0 Å². The quantitative estimate of drug-likeness (QED) is 0.802. The Morgan fingerprint density at radius 1 is 0.950 bits per heavy atom. The smallest absolute Gasteiger partial charge is 0.255 e. The van der Waals surface area contributed by atoms with Gasteiger partial charge in [0.25, 0.3) is 5.91 Å². The molecule has 0 saturated carbocycles. The third-order valence-electron chi connectivity index (χ3n) is 2.55. The zero-order valence-electron chi connectivity index (χ0n) is 10.9. The molecule has 0 bridgehead atoms. The normalized spacial score (nSPS) is 9.85. The fourth-order valence-corrected chi connectivity index (χ4v) is 1.73. The Kier molecular flexibility index (Phi) is 4.00. The number of phenolic OH excluding ortho intramolecular Hbond substituents is 1. The van der Waals surface area contributed by atoms with Gasteiger partial charge in [0.2, 0.25) is 5.91 Å². The fourth-order valence-electron chi connectivity index (χ4n) is 1.73. The predicted molar refractivity (Wildman–Crippen MR) is 76.8 cm³/mol. The van der Waals surface area contributed by atoms with Gasteiger partial charge in [0.1, 0.15) is 5.75 Å². The Labute approximate surface area is 116 Å². The third kappa shape index (κ3) is 3.58. The lowest BCUT2D eigenvalue weighted by molar-refractivity contribution is -0.114. The Bertz CT molecular complexity index is 653. The minimum absolute atomic E-state index is 0.0321. The molecule has 5 heteroatoms. The first-order valence-corrected chi connectivity index (χ1v) is 6.02. The van der Waals surface area contributed by atoms with Gasteiger partial charge in [-0.15, -0.1) is 0 Å². The van der Waals surface area contributed by atoms with E-state index in [0.717, 1.165) is 0 Å². The van der Waals surface area contributed by atoms with E-state index in [0.29, 0.717) is 16.9 Å². The summed E-state index contributed by atoms with van der Waals surface area (Å²) in [6.45, 7) is 1.41. The maximum absolute atomic E-state index is 12.0. The summed E-state index contributed by atoms with van der Waals surface area (Å²) < 4.78 is 0. The first-order valence-electron chi connectivity index (χ1n) is 6.02.